The van der Waals surface area contributed by atoms with E-state index in [1.165, 1.54) is 11.3 Å². The molecule has 0 spiro atoms. The molecule has 21 heavy (non-hydrogen) atoms. The summed E-state index contributed by atoms with van der Waals surface area (Å²) in [6, 6.07) is 11.0. The second-order valence-electron chi connectivity index (χ2n) is 5.11. The van der Waals surface area contributed by atoms with E-state index in [1.54, 1.807) is 11.0 Å². The molecule has 1 atom stereocenters. The van der Waals surface area contributed by atoms with Crippen LogP contribution in [0.2, 0.25) is 0 Å². The van der Waals surface area contributed by atoms with Crippen molar-refractivity contribution in [2.75, 3.05) is 11.4 Å². The van der Waals surface area contributed by atoms with Crippen molar-refractivity contribution in [3.8, 4) is 0 Å². The van der Waals surface area contributed by atoms with E-state index in [-0.39, 0.29) is 5.91 Å². The summed E-state index contributed by atoms with van der Waals surface area (Å²) in [5.74, 6) is -1.42. The molecule has 3 rings (SSSR count). The maximum atomic E-state index is 12.6. The van der Waals surface area contributed by atoms with Gasteiger partial charge in [-0.25, -0.2) is 0 Å². The van der Waals surface area contributed by atoms with Crippen molar-refractivity contribution >= 4 is 28.9 Å². The first-order valence-corrected chi connectivity index (χ1v) is 7.59. The Bertz CT molecular complexity index is 707. The number of fused-ring (bicyclic) bond motifs is 1. The largest absolute Gasteiger partial charge is 0.481 e. The van der Waals surface area contributed by atoms with Gasteiger partial charge in [-0.2, -0.15) is 0 Å². The maximum absolute atomic E-state index is 12.6. The summed E-state index contributed by atoms with van der Waals surface area (Å²) >= 11 is 1.46. The highest BCUT2D eigenvalue weighted by molar-refractivity contribution is 7.14. The Kier molecular flexibility index (Phi) is 3.51. The molecule has 108 valence electrons. The number of rotatable bonds is 2. The molecule has 2 heterocycles. The molecule has 0 saturated carbocycles. The van der Waals surface area contributed by atoms with Gasteiger partial charge in [0, 0.05) is 17.1 Å². The average Bonchev–Trinajstić information content (AvgIpc) is 2.91. The molecule has 0 bridgehead atoms. The van der Waals surface area contributed by atoms with Crippen LogP contribution in [0, 0.1) is 6.92 Å². The van der Waals surface area contributed by atoms with Gasteiger partial charge in [0.1, 0.15) is 0 Å². The highest BCUT2D eigenvalue weighted by atomic mass is 32.1. The lowest BCUT2D eigenvalue weighted by atomic mass is 9.90. The molecule has 1 amide bonds. The Hall–Kier alpha value is -2.14. The monoisotopic (exact) mass is 301 g/mol. The first kappa shape index (κ1) is 13.8. The summed E-state index contributed by atoms with van der Waals surface area (Å²) < 4.78 is 0. The van der Waals surface area contributed by atoms with Crippen LogP contribution >= 0.6 is 11.3 Å². The zero-order valence-electron chi connectivity index (χ0n) is 11.6. The van der Waals surface area contributed by atoms with Crippen molar-refractivity contribution in [1.82, 2.24) is 0 Å². The lowest BCUT2D eigenvalue weighted by Crippen LogP contribution is -2.37. The number of anilines is 1. The van der Waals surface area contributed by atoms with Gasteiger partial charge >= 0.3 is 5.97 Å². The number of aryl methyl sites for hydroxylation is 1. The number of amides is 1. The van der Waals surface area contributed by atoms with Gasteiger partial charge < -0.3 is 10.0 Å². The molecule has 5 heteroatoms. The van der Waals surface area contributed by atoms with Gasteiger partial charge in [-0.1, -0.05) is 18.2 Å². The third-order valence-corrected chi connectivity index (χ3v) is 4.73. The predicted molar refractivity (Wildman–Crippen MR) is 82.2 cm³/mol. The molecule has 1 unspecified atom stereocenters. The van der Waals surface area contributed by atoms with E-state index in [0.717, 1.165) is 10.4 Å². The van der Waals surface area contributed by atoms with Gasteiger partial charge in [-0.15, -0.1) is 11.3 Å². The van der Waals surface area contributed by atoms with Crippen LogP contribution in [0.15, 0.2) is 36.4 Å². The second kappa shape index (κ2) is 5.33. The van der Waals surface area contributed by atoms with E-state index < -0.39 is 11.9 Å². The molecular formula is C16H15NO3S. The van der Waals surface area contributed by atoms with Crippen LogP contribution in [0.3, 0.4) is 0 Å². The number of carbonyl (C=O) groups is 2. The molecule has 0 fully saturated rings. The van der Waals surface area contributed by atoms with E-state index in [2.05, 4.69) is 0 Å². The van der Waals surface area contributed by atoms with Crippen molar-refractivity contribution in [3.63, 3.8) is 0 Å². The van der Waals surface area contributed by atoms with Crippen LogP contribution in [0.5, 0.6) is 0 Å². The van der Waals surface area contributed by atoms with Gasteiger partial charge in [0.25, 0.3) is 5.91 Å². The van der Waals surface area contributed by atoms with Crippen molar-refractivity contribution in [2.45, 2.75) is 19.3 Å². The Morgan fingerprint density at radius 1 is 1.24 bits per heavy atom. The van der Waals surface area contributed by atoms with Crippen molar-refractivity contribution in [3.05, 3.63) is 51.7 Å². The van der Waals surface area contributed by atoms with Gasteiger partial charge in [-0.3, -0.25) is 9.59 Å². The van der Waals surface area contributed by atoms with Crippen LogP contribution < -0.4 is 4.90 Å². The van der Waals surface area contributed by atoms with Crippen LogP contribution in [0.4, 0.5) is 5.69 Å². The van der Waals surface area contributed by atoms with Gasteiger partial charge in [0.2, 0.25) is 0 Å². The Labute approximate surface area is 126 Å². The Balaban J connectivity index is 2.00. The summed E-state index contributed by atoms with van der Waals surface area (Å²) in [5.41, 5.74) is 1.44. The number of carboxylic acids is 1. The number of hydrogen-bond donors (Lipinski definition) is 1. The van der Waals surface area contributed by atoms with Crippen LogP contribution in [0.1, 0.15) is 32.5 Å². The summed E-state index contributed by atoms with van der Waals surface area (Å²) in [7, 11) is 0. The summed E-state index contributed by atoms with van der Waals surface area (Å²) in [6.07, 6.45) is 0.447. The van der Waals surface area contributed by atoms with E-state index in [0.29, 0.717) is 23.5 Å². The van der Waals surface area contributed by atoms with E-state index in [9.17, 15) is 14.7 Å². The van der Waals surface area contributed by atoms with Crippen LogP contribution in [-0.2, 0) is 4.79 Å². The lowest BCUT2D eigenvalue weighted by Gasteiger charge is -2.32. The first-order chi connectivity index (χ1) is 10.1. The molecule has 1 aromatic heterocycles. The molecule has 0 saturated heterocycles. The zero-order valence-corrected chi connectivity index (χ0v) is 12.4. The third kappa shape index (κ3) is 2.45. The number of carboxylic acid groups (broad SMARTS) is 1. The number of thiophene rings is 1. The molecule has 1 N–H and O–H groups in total. The highest BCUT2D eigenvalue weighted by Crippen LogP contribution is 2.36. The van der Waals surface area contributed by atoms with E-state index >= 15 is 0 Å². The summed E-state index contributed by atoms with van der Waals surface area (Å²) in [6.45, 7) is 2.40. The number of para-hydroxylation sites is 1. The first-order valence-electron chi connectivity index (χ1n) is 6.78. The number of nitrogens with zero attached hydrogens (tertiary/aromatic N) is 1. The average molecular weight is 301 g/mol. The minimum Gasteiger partial charge on any atom is -0.481 e. The smallest absolute Gasteiger partial charge is 0.311 e. The highest BCUT2D eigenvalue weighted by Gasteiger charge is 2.32. The minimum atomic E-state index is -0.832. The van der Waals surface area contributed by atoms with Gasteiger partial charge in [0.15, 0.2) is 0 Å². The van der Waals surface area contributed by atoms with Crippen molar-refractivity contribution in [1.29, 1.82) is 0 Å². The van der Waals surface area contributed by atoms with Crippen molar-refractivity contribution < 1.29 is 14.7 Å². The standard InChI is InChI=1S/C16H15NO3S/c1-10-6-7-14(21-10)15(18)17-9-8-12(16(19)20)11-4-2-3-5-13(11)17/h2-7,12H,8-9H2,1H3,(H,19,20). The molecular weight excluding hydrogens is 286 g/mol. The molecule has 4 nitrogen and oxygen atoms in total. The Morgan fingerprint density at radius 2 is 2.00 bits per heavy atom. The predicted octanol–water partition coefficient (Wildman–Crippen LogP) is 3.28. The van der Waals surface area contributed by atoms with Gasteiger partial charge in [-0.05, 0) is 37.1 Å². The second-order valence-corrected chi connectivity index (χ2v) is 6.39. The fraction of sp³-hybridized carbons (Fsp3) is 0.250. The topological polar surface area (TPSA) is 57.6 Å². The SMILES string of the molecule is Cc1ccc(C(=O)N2CCC(C(=O)O)c3ccccc32)s1. The van der Waals surface area contributed by atoms with E-state index in [4.69, 9.17) is 0 Å². The molecule has 1 aliphatic heterocycles. The number of benzene rings is 1. The maximum Gasteiger partial charge on any atom is 0.311 e. The molecule has 2 aromatic rings. The quantitative estimate of drug-likeness (QED) is 0.926. The molecule has 0 radical (unpaired) electrons. The fourth-order valence-corrected chi connectivity index (χ4v) is 3.53. The molecule has 1 aliphatic rings. The fourth-order valence-electron chi connectivity index (χ4n) is 2.71. The van der Waals surface area contributed by atoms with Gasteiger partial charge in [0.05, 0.1) is 10.8 Å². The Morgan fingerprint density at radius 3 is 2.67 bits per heavy atom. The number of aliphatic carboxylic acids is 1. The zero-order chi connectivity index (χ0) is 15.0. The summed E-state index contributed by atoms with van der Waals surface area (Å²) in [4.78, 5) is 27.5. The van der Waals surface area contributed by atoms with Crippen LogP contribution in [0.25, 0.3) is 0 Å². The van der Waals surface area contributed by atoms with Crippen molar-refractivity contribution in [2.24, 2.45) is 0 Å². The third-order valence-electron chi connectivity index (χ3n) is 3.74. The number of carbonyl (C=O) groups excluding carboxylic acids is 1. The summed E-state index contributed by atoms with van der Waals surface area (Å²) in [5, 5.41) is 9.33. The minimum absolute atomic E-state index is 0.0515. The molecule has 1 aromatic carbocycles. The molecule has 0 aliphatic carbocycles. The number of hydrogen-bond acceptors (Lipinski definition) is 3. The van der Waals surface area contributed by atoms with E-state index in [1.807, 2.05) is 37.3 Å². The normalized spacial score (nSPS) is 17.4. The van der Waals surface area contributed by atoms with Crippen LogP contribution in [-0.4, -0.2) is 23.5 Å². The lowest BCUT2D eigenvalue weighted by molar-refractivity contribution is -0.139.